The topological polar surface area (TPSA) is 133 Å². The molecule has 11 nitrogen and oxygen atoms in total. The third-order valence-corrected chi connectivity index (χ3v) is 7.50. The van der Waals surface area contributed by atoms with Crippen LogP contribution in [0, 0.1) is 4.91 Å². The fourth-order valence-electron chi connectivity index (χ4n) is 4.60. The molecule has 3 heterocycles. The second-order valence-corrected chi connectivity index (χ2v) is 9.95. The Bertz CT molecular complexity index is 1860. The minimum atomic E-state index is -0.815. The molecule has 5 rings (SSSR count). The van der Waals surface area contributed by atoms with Gasteiger partial charge in [0, 0.05) is 23.8 Å². The number of ether oxygens (including phenoxy) is 3. The standard InChI is InChI=1S/C29H26N3O8S/c1-5-39-28(34)25-16(2)30-29-31(26(25)18-8-12-22(37-3)23(14-18)38-4)27(33)24(41-29)15-20-11-13-21(40-20)17-6-9-19(10-7-17)32(35)36/h6-15,26H,5H2,1-4H3,(H,35,36)/q+1/b24-15-. The molecule has 1 aliphatic heterocycles. The van der Waals surface area contributed by atoms with Crippen LogP contribution in [-0.2, 0) is 9.53 Å². The maximum atomic E-state index is 13.8. The molecule has 0 amide bonds. The predicted molar refractivity (Wildman–Crippen MR) is 149 cm³/mol. The Kier molecular flexibility index (Phi) is 7.58. The molecule has 0 fully saturated rings. The van der Waals surface area contributed by atoms with Crippen molar-refractivity contribution in [1.82, 2.24) is 4.57 Å². The monoisotopic (exact) mass is 576 g/mol. The first kappa shape index (κ1) is 27.6. The van der Waals surface area contributed by atoms with Crippen molar-refractivity contribution in [3.8, 4) is 22.8 Å². The molecule has 0 bridgehead atoms. The molecule has 4 aromatic rings. The molecule has 0 radical (unpaired) electrons. The average Bonchev–Trinajstić information content (AvgIpc) is 3.56. The molecule has 2 aromatic heterocycles. The summed E-state index contributed by atoms with van der Waals surface area (Å²) < 4.78 is 24.0. The van der Waals surface area contributed by atoms with Gasteiger partial charge >= 0.3 is 11.7 Å². The van der Waals surface area contributed by atoms with Crippen molar-refractivity contribution in [2.24, 2.45) is 4.99 Å². The summed E-state index contributed by atoms with van der Waals surface area (Å²) in [6.07, 6.45) is 1.61. The Morgan fingerprint density at radius 3 is 2.51 bits per heavy atom. The zero-order valence-corrected chi connectivity index (χ0v) is 23.4. The first-order valence-corrected chi connectivity index (χ1v) is 13.3. The van der Waals surface area contributed by atoms with Crippen LogP contribution in [0.2, 0.25) is 0 Å². The Morgan fingerprint density at radius 2 is 1.85 bits per heavy atom. The van der Waals surface area contributed by atoms with Crippen LogP contribution in [0.3, 0.4) is 0 Å². The maximum absolute atomic E-state index is 13.8. The van der Waals surface area contributed by atoms with E-state index in [1.165, 1.54) is 42.3 Å². The zero-order chi connectivity index (χ0) is 29.3. The number of allylic oxidation sites excluding steroid dienone is 1. The number of hydrogen-bond acceptors (Lipinski definition) is 9. The molecule has 2 aromatic carbocycles. The van der Waals surface area contributed by atoms with Crippen LogP contribution in [0.1, 0.15) is 31.2 Å². The molecular weight excluding hydrogens is 550 g/mol. The molecule has 1 atom stereocenters. The SMILES string of the molecule is CCOC(=O)C1=C(C)N=c2s/c(=C\c3ccc(-c4ccc([N+](=O)O)cc4)o3)c(=O)n2C1c1ccc(OC)c(OC)c1. The van der Waals surface area contributed by atoms with Gasteiger partial charge in [-0.15, -0.1) is 0 Å². The van der Waals surface area contributed by atoms with Crippen molar-refractivity contribution in [1.29, 1.82) is 0 Å². The van der Waals surface area contributed by atoms with E-state index in [1.54, 1.807) is 62.4 Å². The molecule has 1 aliphatic rings. The number of aromatic nitrogens is 1. The van der Waals surface area contributed by atoms with E-state index in [0.29, 0.717) is 49.2 Å². The lowest BCUT2D eigenvalue weighted by Crippen LogP contribution is -2.39. The second-order valence-electron chi connectivity index (χ2n) is 8.94. The Labute approximate surface area is 237 Å². The number of fused-ring (bicyclic) bond motifs is 1. The van der Waals surface area contributed by atoms with Crippen LogP contribution in [0.15, 0.2) is 80.1 Å². The van der Waals surface area contributed by atoms with Gasteiger partial charge in [0.1, 0.15) is 11.5 Å². The highest BCUT2D eigenvalue weighted by Crippen LogP contribution is 2.36. The smallest absolute Gasteiger partial charge is 0.338 e. The van der Waals surface area contributed by atoms with Crippen molar-refractivity contribution in [3.63, 3.8) is 0 Å². The van der Waals surface area contributed by atoms with Gasteiger partial charge in [-0.3, -0.25) is 9.36 Å². The highest BCUT2D eigenvalue weighted by atomic mass is 32.1. The number of benzene rings is 2. The van der Waals surface area contributed by atoms with E-state index in [1.807, 2.05) is 0 Å². The van der Waals surface area contributed by atoms with Crippen molar-refractivity contribution in [2.45, 2.75) is 19.9 Å². The first-order chi connectivity index (χ1) is 19.7. The third-order valence-electron chi connectivity index (χ3n) is 6.51. The summed E-state index contributed by atoms with van der Waals surface area (Å²) in [5.41, 5.74) is 1.73. The van der Waals surface area contributed by atoms with Crippen LogP contribution in [0.5, 0.6) is 11.5 Å². The average molecular weight is 577 g/mol. The number of carbonyl (C=O) groups is 1. The first-order valence-electron chi connectivity index (χ1n) is 12.5. The van der Waals surface area contributed by atoms with Crippen LogP contribution in [0.25, 0.3) is 17.4 Å². The predicted octanol–water partition coefficient (Wildman–Crippen LogP) is 3.88. The van der Waals surface area contributed by atoms with Crippen LogP contribution >= 0.6 is 11.3 Å². The van der Waals surface area contributed by atoms with Crippen LogP contribution in [0.4, 0.5) is 5.69 Å². The highest BCUT2D eigenvalue weighted by Gasteiger charge is 2.34. The summed E-state index contributed by atoms with van der Waals surface area (Å²) in [5, 5.41) is 9.05. The number of thiazole rings is 1. The minimum absolute atomic E-state index is 0.0863. The lowest BCUT2D eigenvalue weighted by molar-refractivity contribution is -0.729. The maximum Gasteiger partial charge on any atom is 0.338 e. The molecule has 1 N–H and O–H groups in total. The van der Waals surface area contributed by atoms with E-state index >= 15 is 0 Å². The summed E-state index contributed by atoms with van der Waals surface area (Å²) in [4.78, 5) is 42.8. The van der Waals surface area contributed by atoms with E-state index in [-0.39, 0.29) is 28.3 Å². The summed E-state index contributed by atoms with van der Waals surface area (Å²) in [6, 6.07) is 14.0. The van der Waals surface area contributed by atoms with Crippen molar-refractivity contribution < 1.29 is 33.6 Å². The summed E-state index contributed by atoms with van der Waals surface area (Å²) in [6.45, 7) is 3.59. The van der Waals surface area contributed by atoms with Gasteiger partial charge in [0.05, 0.1) is 47.6 Å². The van der Waals surface area contributed by atoms with E-state index < -0.39 is 12.0 Å². The third kappa shape index (κ3) is 5.16. The molecule has 0 aliphatic carbocycles. The van der Waals surface area contributed by atoms with E-state index in [9.17, 15) is 14.5 Å². The number of nitrogens with zero attached hydrogens (tertiary/aromatic N) is 3. The van der Waals surface area contributed by atoms with Gasteiger partial charge < -0.3 is 18.6 Å². The largest absolute Gasteiger partial charge is 0.493 e. The summed E-state index contributed by atoms with van der Waals surface area (Å²) in [7, 11) is 3.04. The summed E-state index contributed by atoms with van der Waals surface area (Å²) in [5.74, 6) is 1.32. The van der Waals surface area contributed by atoms with Gasteiger partial charge in [0.2, 0.25) is 0 Å². The number of hydrogen-bond donors (Lipinski definition) is 1. The molecule has 0 spiro atoms. The summed E-state index contributed by atoms with van der Waals surface area (Å²) >= 11 is 1.17. The molecule has 210 valence electrons. The van der Waals surface area contributed by atoms with Gasteiger partial charge in [-0.2, -0.15) is 0 Å². The van der Waals surface area contributed by atoms with Crippen LogP contribution < -0.4 is 24.4 Å². The normalized spacial score (nSPS) is 14.8. The second kappa shape index (κ2) is 11.3. The van der Waals surface area contributed by atoms with Crippen LogP contribution in [-0.4, -0.2) is 41.5 Å². The Morgan fingerprint density at radius 1 is 1.12 bits per heavy atom. The van der Waals surface area contributed by atoms with Crippen molar-refractivity contribution in [3.05, 3.63) is 102 Å². The molecule has 0 saturated carbocycles. The van der Waals surface area contributed by atoms with Crippen molar-refractivity contribution in [2.75, 3.05) is 20.8 Å². The molecule has 1 unspecified atom stereocenters. The molecule has 41 heavy (non-hydrogen) atoms. The lowest BCUT2D eigenvalue weighted by atomic mass is 9.95. The molecule has 0 saturated heterocycles. The van der Waals surface area contributed by atoms with Gasteiger partial charge in [-0.25, -0.2) is 15.0 Å². The highest BCUT2D eigenvalue weighted by molar-refractivity contribution is 7.07. The number of carbonyl (C=O) groups excluding carboxylic acids is 1. The number of rotatable bonds is 8. The van der Waals surface area contributed by atoms with Gasteiger partial charge in [-0.05, 0) is 55.8 Å². The van der Waals surface area contributed by atoms with Crippen molar-refractivity contribution >= 4 is 29.1 Å². The van der Waals surface area contributed by atoms with Gasteiger partial charge in [-0.1, -0.05) is 17.4 Å². The van der Waals surface area contributed by atoms with Gasteiger partial charge in [0.15, 0.2) is 16.3 Å². The van der Waals surface area contributed by atoms with E-state index in [0.717, 1.165) is 0 Å². The lowest BCUT2D eigenvalue weighted by Gasteiger charge is -2.25. The zero-order valence-electron chi connectivity index (χ0n) is 22.6. The van der Waals surface area contributed by atoms with E-state index in [4.69, 9.17) is 23.8 Å². The minimum Gasteiger partial charge on any atom is -0.493 e. The van der Waals surface area contributed by atoms with E-state index in [2.05, 4.69) is 4.99 Å². The fraction of sp³-hybridized carbons (Fsp3) is 0.207. The number of methoxy groups -OCH3 is 2. The number of esters is 1. The quantitative estimate of drug-likeness (QED) is 0.247. The molecular formula is C29H26N3O8S+. The Hall–Kier alpha value is -4.97. The Balaban J connectivity index is 1.62. The fourth-order valence-corrected chi connectivity index (χ4v) is 5.62. The number of furan rings is 1. The van der Waals surface area contributed by atoms with Gasteiger partial charge in [0.25, 0.3) is 10.5 Å². The molecule has 12 heteroatoms.